The van der Waals surface area contributed by atoms with Gasteiger partial charge in [-0.25, -0.2) is 4.79 Å². The number of amides is 2. The molecule has 5 nitrogen and oxygen atoms in total. The van der Waals surface area contributed by atoms with E-state index in [-0.39, 0.29) is 12.1 Å². The van der Waals surface area contributed by atoms with Crippen molar-refractivity contribution >= 4 is 11.9 Å². The van der Waals surface area contributed by atoms with E-state index in [2.05, 4.69) is 4.99 Å². The normalized spacial score (nSPS) is 19.2. The molecule has 1 atom stereocenters. The maximum absolute atomic E-state index is 11.8. The average molecular weight is 247 g/mol. The minimum Gasteiger partial charge on any atom is -0.385 e. The number of benzene rings is 1. The molecule has 0 saturated carbocycles. The largest absolute Gasteiger partial charge is 0.385 e. The van der Waals surface area contributed by atoms with Crippen molar-refractivity contribution in [2.75, 3.05) is 20.3 Å². The minimum atomic E-state index is -0.294. The summed E-state index contributed by atoms with van der Waals surface area (Å²) >= 11 is 0. The third-order valence-electron chi connectivity index (χ3n) is 3.08. The molecule has 0 aliphatic carbocycles. The van der Waals surface area contributed by atoms with Crippen molar-refractivity contribution in [2.24, 2.45) is 10.7 Å². The summed E-state index contributed by atoms with van der Waals surface area (Å²) in [5.41, 5.74) is 7.99. The lowest BCUT2D eigenvalue weighted by atomic mass is 10.00. The van der Waals surface area contributed by atoms with Crippen LogP contribution in [-0.2, 0) is 4.74 Å². The molecule has 0 aromatic heterocycles. The van der Waals surface area contributed by atoms with Crippen LogP contribution in [-0.4, -0.2) is 37.0 Å². The fraction of sp³-hybridized carbons (Fsp3) is 0.385. The van der Waals surface area contributed by atoms with Gasteiger partial charge in [0.2, 0.25) is 0 Å². The lowest BCUT2D eigenvalue weighted by molar-refractivity contribution is 0.150. The van der Waals surface area contributed by atoms with E-state index in [4.69, 9.17) is 10.5 Å². The number of hydrogen-bond donors (Lipinski definition) is 1. The third-order valence-corrected chi connectivity index (χ3v) is 3.08. The van der Waals surface area contributed by atoms with Crippen molar-refractivity contribution in [2.45, 2.75) is 13.0 Å². The van der Waals surface area contributed by atoms with Crippen molar-refractivity contribution in [3.8, 4) is 0 Å². The van der Waals surface area contributed by atoms with Crippen molar-refractivity contribution in [1.29, 1.82) is 0 Å². The van der Waals surface area contributed by atoms with Gasteiger partial charge < -0.3 is 15.4 Å². The average Bonchev–Trinajstić information content (AvgIpc) is 2.62. The van der Waals surface area contributed by atoms with Gasteiger partial charge in [-0.3, -0.25) is 0 Å². The Bertz CT molecular complexity index is 485. The van der Waals surface area contributed by atoms with Gasteiger partial charge in [0.1, 0.15) is 11.9 Å². The van der Waals surface area contributed by atoms with Crippen LogP contribution in [0.3, 0.4) is 0 Å². The van der Waals surface area contributed by atoms with E-state index in [1.807, 2.05) is 31.2 Å². The zero-order valence-electron chi connectivity index (χ0n) is 10.6. The number of urea groups is 1. The first-order chi connectivity index (χ1) is 8.65. The van der Waals surface area contributed by atoms with Crippen molar-refractivity contribution < 1.29 is 9.53 Å². The molecule has 0 bridgehead atoms. The molecule has 1 aliphatic rings. The predicted molar refractivity (Wildman–Crippen MR) is 69.5 cm³/mol. The smallest absolute Gasteiger partial charge is 0.346 e. The summed E-state index contributed by atoms with van der Waals surface area (Å²) in [6, 6.07) is 7.31. The van der Waals surface area contributed by atoms with Crippen LogP contribution in [0.5, 0.6) is 0 Å². The predicted octanol–water partition coefficient (Wildman–Crippen LogP) is 1.48. The number of hydrogen-bond acceptors (Lipinski definition) is 3. The summed E-state index contributed by atoms with van der Waals surface area (Å²) in [6.45, 7) is 2.95. The maximum atomic E-state index is 11.8. The molecule has 1 aromatic rings. The zero-order chi connectivity index (χ0) is 13.1. The van der Waals surface area contributed by atoms with Gasteiger partial charge in [0.15, 0.2) is 0 Å². The van der Waals surface area contributed by atoms with Crippen LogP contribution in [0.4, 0.5) is 4.79 Å². The zero-order valence-corrected chi connectivity index (χ0v) is 10.6. The highest BCUT2D eigenvalue weighted by Gasteiger charge is 2.34. The van der Waals surface area contributed by atoms with Crippen LogP contribution in [0.25, 0.3) is 0 Å². The van der Waals surface area contributed by atoms with Crippen molar-refractivity contribution in [3.05, 3.63) is 35.4 Å². The summed E-state index contributed by atoms with van der Waals surface area (Å²) in [5, 5.41) is 0. The lowest BCUT2D eigenvalue weighted by Crippen LogP contribution is -2.36. The number of rotatable bonds is 4. The molecule has 18 heavy (non-hydrogen) atoms. The van der Waals surface area contributed by atoms with E-state index in [1.165, 1.54) is 0 Å². The van der Waals surface area contributed by atoms with E-state index < -0.39 is 0 Å². The van der Waals surface area contributed by atoms with Crippen LogP contribution in [0.15, 0.2) is 29.3 Å². The lowest BCUT2D eigenvalue weighted by Gasteiger charge is -2.25. The number of aliphatic imine (C=N–C) groups is 1. The van der Waals surface area contributed by atoms with Gasteiger partial charge in [0, 0.05) is 13.7 Å². The number of nitrogens with two attached hydrogens (primary N) is 1. The maximum Gasteiger partial charge on any atom is 0.346 e. The first-order valence-corrected chi connectivity index (χ1v) is 5.84. The number of methoxy groups -OCH3 is 1. The molecule has 5 heteroatoms. The van der Waals surface area contributed by atoms with Crippen LogP contribution in [0.1, 0.15) is 17.2 Å². The number of carbonyl (C=O) groups excluding carboxylic acids is 1. The Balaban J connectivity index is 2.31. The van der Waals surface area contributed by atoms with Crippen LogP contribution in [0.2, 0.25) is 0 Å². The second-order valence-electron chi connectivity index (χ2n) is 4.26. The number of amidine groups is 1. The van der Waals surface area contributed by atoms with E-state index in [0.717, 1.165) is 11.1 Å². The van der Waals surface area contributed by atoms with E-state index >= 15 is 0 Å². The van der Waals surface area contributed by atoms with Crippen LogP contribution >= 0.6 is 0 Å². The van der Waals surface area contributed by atoms with Gasteiger partial charge in [-0.1, -0.05) is 24.3 Å². The van der Waals surface area contributed by atoms with Gasteiger partial charge >= 0.3 is 6.03 Å². The molecular weight excluding hydrogens is 230 g/mol. The molecule has 0 spiro atoms. The molecule has 2 rings (SSSR count). The SMILES string of the molecule is COCCN1C(=O)N=C(N)C1c1ccccc1C. The summed E-state index contributed by atoms with van der Waals surface area (Å²) in [6.07, 6.45) is 0. The molecule has 96 valence electrons. The summed E-state index contributed by atoms with van der Waals surface area (Å²) in [4.78, 5) is 17.3. The quantitative estimate of drug-likeness (QED) is 0.876. The van der Waals surface area contributed by atoms with Crippen LogP contribution in [0, 0.1) is 6.92 Å². The van der Waals surface area contributed by atoms with Crippen LogP contribution < -0.4 is 5.73 Å². The highest BCUT2D eigenvalue weighted by Crippen LogP contribution is 2.28. The second kappa shape index (κ2) is 5.18. The Morgan fingerprint density at radius 1 is 1.44 bits per heavy atom. The molecule has 0 saturated heterocycles. The Labute approximate surface area is 106 Å². The monoisotopic (exact) mass is 247 g/mol. The minimum absolute atomic E-state index is 0.270. The van der Waals surface area contributed by atoms with Crippen molar-refractivity contribution in [1.82, 2.24) is 4.90 Å². The highest BCUT2D eigenvalue weighted by molar-refractivity contribution is 6.03. The van der Waals surface area contributed by atoms with Gasteiger partial charge in [-0.2, -0.15) is 4.99 Å². The van der Waals surface area contributed by atoms with Gasteiger partial charge in [-0.15, -0.1) is 0 Å². The van der Waals surface area contributed by atoms with Gasteiger partial charge in [-0.05, 0) is 18.1 Å². The van der Waals surface area contributed by atoms with Crippen molar-refractivity contribution in [3.63, 3.8) is 0 Å². The van der Waals surface area contributed by atoms with E-state index in [1.54, 1.807) is 12.0 Å². The number of ether oxygens (including phenoxy) is 1. The summed E-state index contributed by atoms with van der Waals surface area (Å²) in [5.74, 6) is 0.352. The fourth-order valence-corrected chi connectivity index (χ4v) is 2.14. The summed E-state index contributed by atoms with van der Waals surface area (Å²) < 4.78 is 5.02. The van der Waals surface area contributed by atoms with E-state index in [9.17, 15) is 4.79 Å². The topological polar surface area (TPSA) is 67.9 Å². The Hall–Kier alpha value is -1.88. The third kappa shape index (κ3) is 2.22. The molecule has 0 fully saturated rings. The Morgan fingerprint density at radius 2 is 2.17 bits per heavy atom. The molecular formula is C13H17N3O2. The fourth-order valence-electron chi connectivity index (χ4n) is 2.14. The number of nitrogens with zero attached hydrogens (tertiary/aromatic N) is 2. The molecule has 1 heterocycles. The summed E-state index contributed by atoms with van der Waals surface area (Å²) in [7, 11) is 1.60. The molecule has 0 radical (unpaired) electrons. The molecule has 1 aromatic carbocycles. The first kappa shape index (κ1) is 12.6. The molecule has 2 amide bonds. The van der Waals surface area contributed by atoms with Gasteiger partial charge in [0.05, 0.1) is 6.61 Å². The highest BCUT2D eigenvalue weighted by atomic mass is 16.5. The second-order valence-corrected chi connectivity index (χ2v) is 4.26. The first-order valence-electron chi connectivity index (χ1n) is 5.84. The van der Waals surface area contributed by atoms with Gasteiger partial charge in [0.25, 0.3) is 0 Å². The Kier molecular flexibility index (Phi) is 3.62. The molecule has 1 unspecified atom stereocenters. The molecule has 2 N–H and O–H groups in total. The number of carbonyl (C=O) groups is 1. The Morgan fingerprint density at radius 3 is 2.83 bits per heavy atom. The number of aryl methyl sites for hydroxylation is 1. The van der Waals surface area contributed by atoms with E-state index in [0.29, 0.717) is 19.0 Å². The standard InChI is InChI=1S/C13H17N3O2/c1-9-5-3-4-6-10(9)11-12(14)15-13(17)16(11)7-8-18-2/h3-6,11H,7-8H2,1-2H3,(H2,14,15,17). The molecule has 1 aliphatic heterocycles.